The van der Waals surface area contributed by atoms with E-state index in [-0.39, 0.29) is 17.4 Å². The largest absolute Gasteiger partial charge is 0.433 e. The quantitative estimate of drug-likeness (QED) is 0.874. The third kappa shape index (κ3) is 2.55. The number of aromatic nitrogens is 1. The van der Waals surface area contributed by atoms with Crippen LogP contribution in [0.4, 0.5) is 19.0 Å². The second-order valence-corrected chi connectivity index (χ2v) is 4.23. The second-order valence-electron chi connectivity index (χ2n) is 4.23. The Morgan fingerprint density at radius 2 is 2.06 bits per heavy atom. The number of pyridine rings is 1. The highest BCUT2D eigenvalue weighted by molar-refractivity contribution is 5.97. The SMILES string of the molecule is NC(=O)c1ccc(C(F)(F)F)nc1NC1CCC1. The molecule has 0 bridgehead atoms. The topological polar surface area (TPSA) is 68.0 Å². The normalized spacial score (nSPS) is 16.2. The Balaban J connectivity index is 2.34. The molecule has 0 unspecified atom stereocenters. The Bertz CT molecular complexity index is 469. The highest BCUT2D eigenvalue weighted by atomic mass is 19.4. The average molecular weight is 259 g/mol. The van der Waals surface area contributed by atoms with Crippen molar-refractivity contribution < 1.29 is 18.0 Å². The summed E-state index contributed by atoms with van der Waals surface area (Å²) in [5.41, 5.74) is 4.06. The number of hydrogen-bond donors (Lipinski definition) is 2. The minimum absolute atomic E-state index is 0.0186. The number of carbonyl (C=O) groups excluding carboxylic acids is 1. The molecule has 0 atom stereocenters. The number of carbonyl (C=O) groups is 1. The molecule has 0 aliphatic heterocycles. The average Bonchev–Trinajstić information content (AvgIpc) is 2.21. The van der Waals surface area contributed by atoms with Crippen molar-refractivity contribution in [2.75, 3.05) is 5.32 Å². The van der Waals surface area contributed by atoms with Crippen molar-refractivity contribution in [1.29, 1.82) is 0 Å². The number of hydrogen-bond acceptors (Lipinski definition) is 3. The molecular weight excluding hydrogens is 247 g/mol. The number of alkyl halides is 3. The first-order valence-electron chi connectivity index (χ1n) is 5.52. The molecule has 1 fully saturated rings. The molecule has 7 heteroatoms. The zero-order chi connectivity index (χ0) is 13.3. The lowest BCUT2D eigenvalue weighted by atomic mass is 9.93. The number of nitrogens with two attached hydrogens (primary N) is 1. The fourth-order valence-electron chi connectivity index (χ4n) is 1.67. The van der Waals surface area contributed by atoms with Crippen molar-refractivity contribution in [2.45, 2.75) is 31.5 Å². The van der Waals surface area contributed by atoms with E-state index in [0.29, 0.717) is 0 Å². The summed E-state index contributed by atoms with van der Waals surface area (Å²) in [5.74, 6) is -0.875. The fraction of sp³-hybridized carbons (Fsp3) is 0.455. The van der Waals surface area contributed by atoms with E-state index in [1.54, 1.807) is 0 Å². The van der Waals surface area contributed by atoms with Gasteiger partial charge in [0.15, 0.2) is 0 Å². The van der Waals surface area contributed by atoms with Crippen molar-refractivity contribution in [2.24, 2.45) is 5.73 Å². The van der Waals surface area contributed by atoms with Gasteiger partial charge < -0.3 is 11.1 Å². The van der Waals surface area contributed by atoms with Gasteiger partial charge in [-0.1, -0.05) is 0 Å². The predicted molar refractivity (Wildman–Crippen MR) is 59.0 cm³/mol. The van der Waals surface area contributed by atoms with Crippen LogP contribution < -0.4 is 11.1 Å². The third-order valence-corrected chi connectivity index (χ3v) is 2.90. The summed E-state index contributed by atoms with van der Waals surface area (Å²) in [6.07, 6.45) is -1.80. The van der Waals surface area contributed by atoms with Gasteiger partial charge in [-0.25, -0.2) is 4.98 Å². The van der Waals surface area contributed by atoms with Crippen molar-refractivity contribution in [1.82, 2.24) is 4.98 Å². The smallest absolute Gasteiger partial charge is 0.367 e. The number of primary amides is 1. The lowest BCUT2D eigenvalue weighted by Crippen LogP contribution is -2.29. The lowest BCUT2D eigenvalue weighted by Gasteiger charge is -2.27. The molecule has 98 valence electrons. The molecule has 1 heterocycles. The number of rotatable bonds is 3. The number of nitrogens with zero attached hydrogens (tertiary/aromatic N) is 1. The Morgan fingerprint density at radius 1 is 1.39 bits per heavy atom. The molecule has 1 amide bonds. The molecule has 1 aliphatic carbocycles. The van der Waals surface area contributed by atoms with Crippen molar-refractivity contribution in [3.05, 3.63) is 23.4 Å². The number of halogens is 3. The molecule has 3 N–H and O–H groups in total. The van der Waals surface area contributed by atoms with Crippen LogP contribution in [-0.2, 0) is 6.18 Å². The summed E-state index contributed by atoms with van der Waals surface area (Å²) < 4.78 is 37.6. The van der Waals surface area contributed by atoms with Crippen LogP contribution in [0.1, 0.15) is 35.3 Å². The minimum Gasteiger partial charge on any atom is -0.367 e. The highest BCUT2D eigenvalue weighted by Crippen LogP contribution is 2.30. The molecule has 0 saturated heterocycles. The maximum Gasteiger partial charge on any atom is 0.433 e. The maximum atomic E-state index is 12.5. The zero-order valence-corrected chi connectivity index (χ0v) is 9.42. The number of anilines is 1. The fourth-order valence-corrected chi connectivity index (χ4v) is 1.67. The van der Waals surface area contributed by atoms with Crippen LogP contribution in [-0.4, -0.2) is 16.9 Å². The van der Waals surface area contributed by atoms with Gasteiger partial charge in [0.25, 0.3) is 5.91 Å². The Hall–Kier alpha value is -1.79. The molecule has 1 saturated carbocycles. The molecule has 1 aliphatic rings. The highest BCUT2D eigenvalue weighted by Gasteiger charge is 2.33. The van der Waals surface area contributed by atoms with E-state index in [1.165, 1.54) is 0 Å². The third-order valence-electron chi connectivity index (χ3n) is 2.90. The van der Waals surface area contributed by atoms with E-state index < -0.39 is 17.8 Å². The maximum absolute atomic E-state index is 12.5. The van der Waals surface area contributed by atoms with Gasteiger partial charge in [-0.15, -0.1) is 0 Å². The van der Waals surface area contributed by atoms with Gasteiger partial charge in [0.2, 0.25) is 0 Å². The van der Waals surface area contributed by atoms with Crippen molar-refractivity contribution >= 4 is 11.7 Å². The molecule has 1 aromatic heterocycles. The Labute approximate surface area is 101 Å². The molecular formula is C11H12F3N3O. The van der Waals surface area contributed by atoms with E-state index in [2.05, 4.69) is 10.3 Å². The van der Waals surface area contributed by atoms with Gasteiger partial charge in [0.1, 0.15) is 11.5 Å². The van der Waals surface area contributed by atoms with Gasteiger partial charge in [0.05, 0.1) is 5.56 Å². The van der Waals surface area contributed by atoms with Gasteiger partial charge in [-0.3, -0.25) is 4.79 Å². The van der Waals surface area contributed by atoms with Gasteiger partial charge in [0, 0.05) is 6.04 Å². The van der Waals surface area contributed by atoms with Crippen LogP contribution in [0, 0.1) is 0 Å². The van der Waals surface area contributed by atoms with Crippen LogP contribution >= 0.6 is 0 Å². The van der Waals surface area contributed by atoms with Crippen molar-refractivity contribution in [3.8, 4) is 0 Å². The van der Waals surface area contributed by atoms with Gasteiger partial charge >= 0.3 is 6.18 Å². The molecule has 4 nitrogen and oxygen atoms in total. The van der Waals surface area contributed by atoms with Crippen LogP contribution in [0.25, 0.3) is 0 Å². The number of nitrogens with one attached hydrogen (secondary N) is 1. The van der Waals surface area contributed by atoms with E-state index in [9.17, 15) is 18.0 Å². The first-order valence-corrected chi connectivity index (χ1v) is 5.52. The van der Waals surface area contributed by atoms with Gasteiger partial charge in [-0.2, -0.15) is 13.2 Å². The summed E-state index contributed by atoms with van der Waals surface area (Å²) in [6, 6.07) is 1.88. The minimum atomic E-state index is -4.54. The number of amides is 1. The molecule has 0 radical (unpaired) electrons. The van der Waals surface area contributed by atoms with Crippen molar-refractivity contribution in [3.63, 3.8) is 0 Å². The molecule has 1 aromatic rings. The summed E-state index contributed by atoms with van der Waals surface area (Å²) >= 11 is 0. The van der Waals surface area contributed by atoms with E-state index in [4.69, 9.17) is 5.73 Å². The van der Waals surface area contributed by atoms with Crippen LogP contribution in [0.2, 0.25) is 0 Å². The lowest BCUT2D eigenvalue weighted by molar-refractivity contribution is -0.141. The summed E-state index contributed by atoms with van der Waals surface area (Å²) in [7, 11) is 0. The monoisotopic (exact) mass is 259 g/mol. The molecule has 18 heavy (non-hydrogen) atoms. The van der Waals surface area contributed by atoms with Crippen LogP contribution in [0.3, 0.4) is 0 Å². The Kier molecular flexibility index (Phi) is 3.14. The standard InChI is InChI=1S/C11H12F3N3O/c12-11(13,14)8-5-4-7(9(15)18)10(17-8)16-6-2-1-3-6/h4-6H,1-3H2,(H2,15,18)(H,16,17). The summed E-state index contributed by atoms with van der Waals surface area (Å²) in [5, 5.41) is 2.83. The summed E-state index contributed by atoms with van der Waals surface area (Å²) in [6.45, 7) is 0. The first kappa shape index (κ1) is 12.7. The van der Waals surface area contributed by atoms with Crippen LogP contribution in [0.15, 0.2) is 12.1 Å². The molecule has 2 rings (SSSR count). The van der Waals surface area contributed by atoms with E-state index in [1.807, 2.05) is 0 Å². The second kappa shape index (κ2) is 4.47. The zero-order valence-electron chi connectivity index (χ0n) is 9.42. The summed E-state index contributed by atoms with van der Waals surface area (Å²) in [4.78, 5) is 14.6. The van der Waals surface area contributed by atoms with Gasteiger partial charge in [-0.05, 0) is 31.4 Å². The van der Waals surface area contributed by atoms with Crippen LogP contribution in [0.5, 0.6) is 0 Å². The van der Waals surface area contributed by atoms with E-state index >= 15 is 0 Å². The molecule has 0 spiro atoms. The van der Waals surface area contributed by atoms with E-state index in [0.717, 1.165) is 31.4 Å². The molecule has 0 aromatic carbocycles. The first-order chi connectivity index (χ1) is 8.38. The predicted octanol–water partition coefficient (Wildman–Crippen LogP) is 2.16. The Morgan fingerprint density at radius 3 is 2.50 bits per heavy atom.